The largest absolute Gasteiger partial charge is 0.442 e. The van der Waals surface area contributed by atoms with E-state index in [1.54, 1.807) is 6.92 Å². The van der Waals surface area contributed by atoms with Crippen LogP contribution >= 0.6 is 0 Å². The van der Waals surface area contributed by atoms with Gasteiger partial charge in [0, 0.05) is 13.1 Å². The predicted octanol–water partition coefficient (Wildman–Crippen LogP) is -0.213. The minimum absolute atomic E-state index is 0.0247. The van der Waals surface area contributed by atoms with Gasteiger partial charge in [-0.2, -0.15) is 0 Å². The first-order valence-electron chi connectivity index (χ1n) is 6.60. The van der Waals surface area contributed by atoms with Gasteiger partial charge in [-0.25, -0.2) is 4.98 Å². The van der Waals surface area contributed by atoms with Gasteiger partial charge in [0.05, 0.1) is 18.4 Å². The van der Waals surface area contributed by atoms with E-state index in [2.05, 4.69) is 15.3 Å². The highest BCUT2D eigenvalue weighted by atomic mass is 16.3. The molecule has 0 unspecified atom stereocenters. The van der Waals surface area contributed by atoms with Crippen molar-refractivity contribution in [3.05, 3.63) is 28.0 Å². The fourth-order valence-electron chi connectivity index (χ4n) is 2.45. The average Bonchev–Trinajstić information content (AvgIpc) is 2.63. The maximum absolute atomic E-state index is 12.7. The molecule has 110 valence electrons. The number of fused-ring (bicyclic) bond motifs is 1. The molecule has 0 atom stereocenters. The molecular weight excluding hydrogens is 276 g/mol. The molecule has 2 aromatic rings. The van der Waals surface area contributed by atoms with Crippen LogP contribution in [0.1, 0.15) is 22.5 Å². The lowest BCUT2D eigenvalue weighted by Crippen LogP contribution is -2.37. The second kappa shape index (κ2) is 5.04. The van der Waals surface area contributed by atoms with Crippen LogP contribution < -0.4 is 10.9 Å². The third-order valence-electron chi connectivity index (χ3n) is 3.43. The highest BCUT2D eigenvalue weighted by molar-refractivity contribution is 6.07. The summed E-state index contributed by atoms with van der Waals surface area (Å²) in [6, 6.07) is 0. The number of hydrogen-bond donors (Lipinski definition) is 2. The topological polar surface area (TPSA) is 108 Å². The van der Waals surface area contributed by atoms with E-state index in [4.69, 9.17) is 4.42 Å². The highest BCUT2D eigenvalue weighted by Gasteiger charge is 2.27. The van der Waals surface area contributed by atoms with E-state index >= 15 is 0 Å². The Hall–Kier alpha value is -2.64. The number of nitrogens with zero attached hydrogens (tertiary/aromatic N) is 2. The van der Waals surface area contributed by atoms with Crippen LogP contribution in [0.2, 0.25) is 0 Å². The van der Waals surface area contributed by atoms with Crippen molar-refractivity contribution < 1.29 is 14.0 Å². The van der Waals surface area contributed by atoms with Crippen molar-refractivity contribution in [1.82, 2.24) is 20.2 Å². The number of furan rings is 1. The van der Waals surface area contributed by atoms with Crippen LogP contribution in [0, 0.1) is 6.92 Å². The molecule has 1 saturated heterocycles. The van der Waals surface area contributed by atoms with Crippen molar-refractivity contribution in [2.45, 2.75) is 13.3 Å². The molecule has 2 amide bonds. The van der Waals surface area contributed by atoms with Crippen molar-refractivity contribution in [1.29, 1.82) is 0 Å². The summed E-state index contributed by atoms with van der Waals surface area (Å²) in [5, 5.41) is 2.83. The molecular formula is C13H14N4O4. The van der Waals surface area contributed by atoms with Crippen LogP contribution in [-0.2, 0) is 4.79 Å². The molecule has 1 aliphatic rings. The van der Waals surface area contributed by atoms with Crippen LogP contribution in [0.15, 0.2) is 15.5 Å². The summed E-state index contributed by atoms with van der Waals surface area (Å²) in [6.07, 6.45) is 1.89. The minimum atomic E-state index is -0.431. The lowest BCUT2D eigenvalue weighted by atomic mass is 10.1. The van der Waals surface area contributed by atoms with E-state index < -0.39 is 5.56 Å². The zero-order chi connectivity index (χ0) is 15.0. The smallest absolute Gasteiger partial charge is 0.262 e. The van der Waals surface area contributed by atoms with Crippen LogP contribution in [0.5, 0.6) is 0 Å². The molecule has 3 heterocycles. The normalized spacial score (nSPS) is 15.9. The number of aromatic amines is 1. The maximum Gasteiger partial charge on any atom is 0.262 e. The molecule has 0 bridgehead atoms. The van der Waals surface area contributed by atoms with Crippen LogP contribution in [0.25, 0.3) is 11.1 Å². The Morgan fingerprint density at radius 1 is 1.43 bits per heavy atom. The van der Waals surface area contributed by atoms with Gasteiger partial charge in [-0.05, 0) is 13.3 Å². The Kier molecular flexibility index (Phi) is 3.20. The lowest BCUT2D eigenvalue weighted by Gasteiger charge is -2.18. The van der Waals surface area contributed by atoms with E-state index in [-0.39, 0.29) is 35.0 Å². The molecule has 0 aliphatic carbocycles. The van der Waals surface area contributed by atoms with Crippen molar-refractivity contribution in [3.63, 3.8) is 0 Å². The summed E-state index contributed by atoms with van der Waals surface area (Å²) in [5.74, 6) is -0.274. The molecule has 1 fully saturated rings. The monoisotopic (exact) mass is 290 g/mol. The van der Waals surface area contributed by atoms with Gasteiger partial charge in [-0.1, -0.05) is 0 Å². The summed E-state index contributed by atoms with van der Waals surface area (Å²) in [6.45, 7) is 2.56. The molecule has 2 aromatic heterocycles. The van der Waals surface area contributed by atoms with Gasteiger partial charge in [-0.15, -0.1) is 0 Å². The van der Waals surface area contributed by atoms with E-state index in [1.165, 1.54) is 11.2 Å². The van der Waals surface area contributed by atoms with Crippen molar-refractivity contribution in [3.8, 4) is 0 Å². The summed E-state index contributed by atoms with van der Waals surface area (Å²) >= 11 is 0. The van der Waals surface area contributed by atoms with Crippen molar-refractivity contribution in [2.75, 3.05) is 19.6 Å². The molecule has 0 aromatic carbocycles. The zero-order valence-corrected chi connectivity index (χ0v) is 11.4. The molecule has 0 spiro atoms. The number of carbonyl (C=O) groups excluding carboxylic acids is 2. The second-order valence-corrected chi connectivity index (χ2v) is 4.88. The van der Waals surface area contributed by atoms with Crippen LogP contribution in [0.4, 0.5) is 0 Å². The number of nitrogens with one attached hydrogen (secondary N) is 2. The molecule has 21 heavy (non-hydrogen) atoms. The van der Waals surface area contributed by atoms with Gasteiger partial charge in [0.1, 0.15) is 11.1 Å². The Morgan fingerprint density at radius 2 is 2.24 bits per heavy atom. The molecule has 1 aliphatic heterocycles. The summed E-state index contributed by atoms with van der Waals surface area (Å²) < 4.78 is 5.37. The molecule has 0 saturated carbocycles. The third kappa shape index (κ3) is 2.28. The first-order valence-corrected chi connectivity index (χ1v) is 6.60. The fourth-order valence-corrected chi connectivity index (χ4v) is 2.45. The number of amides is 2. The maximum atomic E-state index is 12.7. The van der Waals surface area contributed by atoms with Gasteiger partial charge in [-0.3, -0.25) is 14.4 Å². The van der Waals surface area contributed by atoms with Crippen molar-refractivity contribution >= 4 is 22.9 Å². The summed E-state index contributed by atoms with van der Waals surface area (Å²) in [5.41, 5.74) is -0.132. The number of aryl methyl sites for hydroxylation is 1. The molecule has 0 radical (unpaired) electrons. The Morgan fingerprint density at radius 3 is 3.05 bits per heavy atom. The van der Waals surface area contributed by atoms with E-state index in [0.717, 1.165) is 0 Å². The standard InChI is InChI=1S/C13H14N4O4/c1-7-9(10-11(19)15-6-16-12(10)21-7)13(20)17-4-2-3-14-8(18)5-17/h6H,2-5H2,1H3,(H,14,18)(H,15,16,19). The number of hydrogen-bond acceptors (Lipinski definition) is 5. The van der Waals surface area contributed by atoms with Gasteiger partial charge < -0.3 is 19.6 Å². The quantitative estimate of drug-likeness (QED) is 0.755. The van der Waals surface area contributed by atoms with Gasteiger partial charge in [0.15, 0.2) is 0 Å². The zero-order valence-electron chi connectivity index (χ0n) is 11.4. The summed E-state index contributed by atoms with van der Waals surface area (Å²) in [4.78, 5) is 43.9. The van der Waals surface area contributed by atoms with Gasteiger partial charge in [0.25, 0.3) is 11.5 Å². The van der Waals surface area contributed by atoms with E-state index in [9.17, 15) is 14.4 Å². The van der Waals surface area contributed by atoms with Gasteiger partial charge in [0.2, 0.25) is 11.6 Å². The number of rotatable bonds is 1. The average molecular weight is 290 g/mol. The first-order chi connectivity index (χ1) is 10.1. The number of H-pyrrole nitrogens is 1. The Bertz CT molecular complexity index is 776. The Balaban J connectivity index is 2.07. The van der Waals surface area contributed by atoms with Crippen molar-refractivity contribution in [2.24, 2.45) is 0 Å². The Labute approximate surface area is 119 Å². The van der Waals surface area contributed by atoms with E-state index in [1.807, 2.05) is 0 Å². The number of aromatic nitrogens is 2. The molecule has 3 rings (SSSR count). The lowest BCUT2D eigenvalue weighted by molar-refractivity contribution is -0.121. The summed E-state index contributed by atoms with van der Waals surface area (Å²) in [7, 11) is 0. The number of carbonyl (C=O) groups is 2. The SMILES string of the molecule is Cc1oc2nc[nH]c(=O)c2c1C(=O)N1CCCNC(=O)C1. The minimum Gasteiger partial charge on any atom is -0.442 e. The molecule has 8 nitrogen and oxygen atoms in total. The second-order valence-electron chi connectivity index (χ2n) is 4.88. The molecule has 2 N–H and O–H groups in total. The fraction of sp³-hybridized carbons (Fsp3) is 0.385. The predicted molar refractivity (Wildman–Crippen MR) is 72.9 cm³/mol. The van der Waals surface area contributed by atoms with E-state index in [0.29, 0.717) is 25.3 Å². The van der Waals surface area contributed by atoms with Crippen LogP contribution in [-0.4, -0.2) is 46.3 Å². The van der Waals surface area contributed by atoms with Crippen LogP contribution in [0.3, 0.4) is 0 Å². The molecule has 8 heteroatoms. The third-order valence-corrected chi connectivity index (χ3v) is 3.43. The highest BCUT2D eigenvalue weighted by Crippen LogP contribution is 2.22. The van der Waals surface area contributed by atoms with Gasteiger partial charge >= 0.3 is 0 Å². The first kappa shape index (κ1) is 13.3.